The minimum Gasteiger partial charge on any atom is -0.484 e. The van der Waals surface area contributed by atoms with Gasteiger partial charge in [-0.15, -0.1) is 0 Å². The zero-order valence-corrected chi connectivity index (χ0v) is 11.8. The number of aliphatic carboxylic acids is 1. The van der Waals surface area contributed by atoms with Crippen molar-refractivity contribution in [2.45, 2.75) is 19.8 Å². The average molecular weight is 295 g/mol. The molecule has 1 aliphatic heterocycles. The Morgan fingerprint density at radius 2 is 2.05 bits per heavy atom. The first-order valence-electron chi connectivity index (χ1n) is 6.87. The van der Waals surface area contributed by atoms with E-state index in [0.29, 0.717) is 37.2 Å². The fourth-order valence-corrected chi connectivity index (χ4v) is 2.32. The summed E-state index contributed by atoms with van der Waals surface area (Å²) >= 11 is 0. The summed E-state index contributed by atoms with van der Waals surface area (Å²) in [7, 11) is 0. The third kappa shape index (κ3) is 3.93. The Kier molecular flexibility index (Phi) is 4.77. The molecule has 1 fully saturated rings. The first kappa shape index (κ1) is 15.3. The van der Waals surface area contributed by atoms with Crippen molar-refractivity contribution in [3.8, 4) is 5.75 Å². The number of amides is 1. The molecule has 1 N–H and O–H groups in total. The molecule has 0 saturated carbocycles. The van der Waals surface area contributed by atoms with Gasteiger partial charge in [0.05, 0.1) is 5.92 Å². The number of carbonyl (C=O) groups excluding carboxylic acids is 1. The SMILES string of the molecule is Cc1cc(OCC(=O)N2CCC(C(=O)O)CC2)ccc1F. The summed E-state index contributed by atoms with van der Waals surface area (Å²) in [5.41, 5.74) is 0.460. The number of benzene rings is 1. The zero-order valence-electron chi connectivity index (χ0n) is 11.8. The lowest BCUT2D eigenvalue weighted by atomic mass is 9.97. The molecule has 0 spiro atoms. The Labute approximate surface area is 122 Å². The molecule has 0 unspecified atom stereocenters. The van der Waals surface area contributed by atoms with E-state index in [1.165, 1.54) is 12.1 Å². The van der Waals surface area contributed by atoms with Crippen LogP contribution < -0.4 is 4.74 Å². The second-order valence-corrected chi connectivity index (χ2v) is 5.19. The lowest BCUT2D eigenvalue weighted by Gasteiger charge is -2.30. The highest BCUT2D eigenvalue weighted by molar-refractivity contribution is 5.78. The number of aryl methyl sites for hydroxylation is 1. The van der Waals surface area contributed by atoms with Crippen LogP contribution in [0.1, 0.15) is 18.4 Å². The van der Waals surface area contributed by atoms with Gasteiger partial charge in [-0.2, -0.15) is 0 Å². The predicted molar refractivity (Wildman–Crippen MR) is 73.6 cm³/mol. The van der Waals surface area contributed by atoms with Gasteiger partial charge >= 0.3 is 5.97 Å². The average Bonchev–Trinajstić information content (AvgIpc) is 2.48. The van der Waals surface area contributed by atoms with E-state index in [1.54, 1.807) is 17.9 Å². The molecule has 1 aromatic carbocycles. The number of carboxylic acid groups (broad SMARTS) is 1. The molecule has 0 bridgehead atoms. The van der Waals surface area contributed by atoms with Crippen LogP contribution in [0.15, 0.2) is 18.2 Å². The Hall–Kier alpha value is -2.11. The van der Waals surface area contributed by atoms with E-state index in [9.17, 15) is 14.0 Å². The van der Waals surface area contributed by atoms with E-state index in [1.807, 2.05) is 0 Å². The molecule has 0 radical (unpaired) electrons. The smallest absolute Gasteiger partial charge is 0.306 e. The maximum absolute atomic E-state index is 13.1. The number of piperidine rings is 1. The molecule has 1 amide bonds. The molecular weight excluding hydrogens is 277 g/mol. The van der Waals surface area contributed by atoms with Crippen molar-refractivity contribution in [3.63, 3.8) is 0 Å². The normalized spacial score (nSPS) is 15.8. The van der Waals surface area contributed by atoms with Crippen molar-refractivity contribution >= 4 is 11.9 Å². The second kappa shape index (κ2) is 6.56. The maximum Gasteiger partial charge on any atom is 0.306 e. The van der Waals surface area contributed by atoms with Crippen LogP contribution in [0, 0.1) is 18.7 Å². The highest BCUT2D eigenvalue weighted by atomic mass is 19.1. The number of nitrogens with zero attached hydrogens (tertiary/aromatic N) is 1. The van der Waals surface area contributed by atoms with Crippen LogP contribution in [0.25, 0.3) is 0 Å². The van der Waals surface area contributed by atoms with E-state index in [2.05, 4.69) is 0 Å². The number of likely N-dealkylation sites (tertiary alicyclic amines) is 1. The number of carbonyl (C=O) groups is 2. The van der Waals surface area contributed by atoms with Crippen molar-refractivity contribution in [3.05, 3.63) is 29.6 Å². The van der Waals surface area contributed by atoms with E-state index >= 15 is 0 Å². The lowest BCUT2D eigenvalue weighted by Crippen LogP contribution is -2.42. The molecule has 0 aliphatic carbocycles. The minimum atomic E-state index is -0.805. The van der Waals surface area contributed by atoms with E-state index in [4.69, 9.17) is 9.84 Å². The van der Waals surface area contributed by atoms with Gasteiger partial charge in [0.1, 0.15) is 11.6 Å². The molecule has 1 aromatic rings. The first-order valence-corrected chi connectivity index (χ1v) is 6.87. The molecule has 1 heterocycles. The van der Waals surface area contributed by atoms with Crippen molar-refractivity contribution in [2.24, 2.45) is 5.92 Å². The summed E-state index contributed by atoms with van der Waals surface area (Å²) in [4.78, 5) is 24.4. The van der Waals surface area contributed by atoms with Crippen LogP contribution in [0.3, 0.4) is 0 Å². The van der Waals surface area contributed by atoms with Gasteiger partial charge in [0, 0.05) is 13.1 Å². The monoisotopic (exact) mass is 295 g/mol. The van der Waals surface area contributed by atoms with Gasteiger partial charge in [-0.1, -0.05) is 0 Å². The van der Waals surface area contributed by atoms with Crippen LogP contribution >= 0.6 is 0 Å². The summed E-state index contributed by atoms with van der Waals surface area (Å²) in [6, 6.07) is 4.32. The zero-order chi connectivity index (χ0) is 15.4. The van der Waals surface area contributed by atoms with Crippen molar-refractivity contribution in [1.82, 2.24) is 4.90 Å². The van der Waals surface area contributed by atoms with E-state index in [0.717, 1.165) is 0 Å². The molecule has 21 heavy (non-hydrogen) atoms. The third-order valence-electron chi connectivity index (χ3n) is 3.69. The molecule has 5 nitrogen and oxygen atoms in total. The summed E-state index contributed by atoms with van der Waals surface area (Å²) in [5.74, 6) is -1.22. The number of carboxylic acids is 1. The second-order valence-electron chi connectivity index (χ2n) is 5.19. The predicted octanol–water partition coefficient (Wildman–Crippen LogP) is 1.84. The fraction of sp³-hybridized carbons (Fsp3) is 0.467. The van der Waals surface area contributed by atoms with Gasteiger partial charge < -0.3 is 14.7 Å². The van der Waals surface area contributed by atoms with Gasteiger partial charge in [-0.3, -0.25) is 9.59 Å². The van der Waals surface area contributed by atoms with Crippen LogP contribution in [0.5, 0.6) is 5.75 Å². The summed E-state index contributed by atoms with van der Waals surface area (Å²) < 4.78 is 18.5. The Balaban J connectivity index is 1.82. The maximum atomic E-state index is 13.1. The first-order chi connectivity index (χ1) is 9.97. The molecule has 0 atom stereocenters. The van der Waals surface area contributed by atoms with Gasteiger partial charge in [0.15, 0.2) is 6.61 Å². The largest absolute Gasteiger partial charge is 0.484 e. The van der Waals surface area contributed by atoms with Crippen molar-refractivity contribution in [2.75, 3.05) is 19.7 Å². The van der Waals surface area contributed by atoms with Gasteiger partial charge in [0.2, 0.25) is 0 Å². The summed E-state index contributed by atoms with van der Waals surface area (Å²) in [5, 5.41) is 8.90. The molecule has 2 rings (SSSR count). The van der Waals surface area contributed by atoms with E-state index < -0.39 is 5.97 Å². The number of ether oxygens (including phenoxy) is 1. The highest BCUT2D eigenvalue weighted by Gasteiger charge is 2.27. The Morgan fingerprint density at radius 3 is 2.62 bits per heavy atom. The van der Waals surface area contributed by atoms with Crippen LogP contribution in [-0.2, 0) is 9.59 Å². The number of halogens is 1. The topological polar surface area (TPSA) is 66.8 Å². The summed E-state index contributed by atoms with van der Waals surface area (Å²) in [6.07, 6.45) is 0.938. The minimum absolute atomic E-state index is 0.122. The van der Waals surface area contributed by atoms with Crippen LogP contribution in [0.4, 0.5) is 4.39 Å². The van der Waals surface area contributed by atoms with Gasteiger partial charge in [-0.05, 0) is 43.5 Å². The summed E-state index contributed by atoms with van der Waals surface area (Å²) in [6.45, 7) is 2.37. The Morgan fingerprint density at radius 1 is 1.38 bits per heavy atom. The molecule has 1 saturated heterocycles. The lowest BCUT2D eigenvalue weighted by molar-refractivity contribution is -0.146. The molecule has 1 aliphatic rings. The van der Waals surface area contributed by atoms with Crippen molar-refractivity contribution < 1.29 is 23.8 Å². The molecular formula is C15H18FNO4. The number of hydrogen-bond donors (Lipinski definition) is 1. The van der Waals surface area contributed by atoms with Crippen LogP contribution in [-0.4, -0.2) is 41.6 Å². The molecule has 6 heteroatoms. The molecule has 114 valence electrons. The van der Waals surface area contributed by atoms with Gasteiger partial charge in [-0.25, -0.2) is 4.39 Å². The van der Waals surface area contributed by atoms with E-state index in [-0.39, 0.29) is 24.2 Å². The van der Waals surface area contributed by atoms with Crippen LogP contribution in [0.2, 0.25) is 0 Å². The Bertz CT molecular complexity index is 538. The van der Waals surface area contributed by atoms with Gasteiger partial charge in [0.25, 0.3) is 5.91 Å². The fourth-order valence-electron chi connectivity index (χ4n) is 2.32. The highest BCUT2D eigenvalue weighted by Crippen LogP contribution is 2.19. The number of hydrogen-bond acceptors (Lipinski definition) is 3. The van der Waals surface area contributed by atoms with Crippen molar-refractivity contribution in [1.29, 1.82) is 0 Å². The number of rotatable bonds is 4. The molecule has 0 aromatic heterocycles. The standard InChI is InChI=1S/C15H18FNO4/c1-10-8-12(2-3-13(10)16)21-9-14(18)17-6-4-11(5-7-17)15(19)20/h2-3,8,11H,4-7,9H2,1H3,(H,19,20). The quantitative estimate of drug-likeness (QED) is 0.920. The third-order valence-corrected chi connectivity index (χ3v) is 3.69.